The largest absolute Gasteiger partial charge is 0.0776 e. The third kappa shape index (κ3) is 25.0. The highest BCUT2D eigenvalue weighted by atomic mass is 14.0. The summed E-state index contributed by atoms with van der Waals surface area (Å²) in [4.78, 5) is 0. The summed E-state index contributed by atoms with van der Waals surface area (Å²) in [6.45, 7) is 10.9. The lowest BCUT2D eigenvalue weighted by atomic mass is 10.0. The van der Waals surface area contributed by atoms with Gasteiger partial charge in [-0.05, 0) is 5.92 Å². The van der Waals surface area contributed by atoms with Gasteiger partial charge in [-0.15, -0.1) is 0 Å². The molecule has 0 atom stereocenters. The molecule has 0 radical (unpaired) electrons. The van der Waals surface area contributed by atoms with Crippen molar-refractivity contribution in [3.63, 3.8) is 0 Å². The zero-order valence-corrected chi connectivity index (χ0v) is 13.4. The third-order valence-corrected chi connectivity index (χ3v) is 3.14. The fourth-order valence-corrected chi connectivity index (χ4v) is 2.04. The van der Waals surface area contributed by atoms with Gasteiger partial charge in [-0.2, -0.15) is 0 Å². The van der Waals surface area contributed by atoms with Crippen LogP contribution >= 0.6 is 0 Å². The van der Waals surface area contributed by atoms with E-state index < -0.39 is 0 Å². The molecule has 1 aliphatic rings. The third-order valence-electron chi connectivity index (χ3n) is 3.14. The van der Waals surface area contributed by atoms with Gasteiger partial charge in [-0.3, -0.25) is 0 Å². The van der Waals surface area contributed by atoms with Crippen LogP contribution in [0.25, 0.3) is 0 Å². The molecule has 0 bridgehead atoms. The average Bonchev–Trinajstić information content (AvgIpc) is 2.40. The van der Waals surface area contributed by atoms with Crippen molar-refractivity contribution in [1.29, 1.82) is 0 Å². The predicted molar refractivity (Wildman–Crippen MR) is 89.4 cm³/mol. The maximum atomic E-state index is 2.30. The molecule has 0 heteroatoms. The van der Waals surface area contributed by atoms with E-state index in [2.05, 4.69) is 20.8 Å². The van der Waals surface area contributed by atoms with Crippen molar-refractivity contribution in [3.05, 3.63) is 0 Å². The van der Waals surface area contributed by atoms with Crippen molar-refractivity contribution in [2.24, 2.45) is 5.92 Å². The Bertz CT molecular complexity index is 89.1. The van der Waals surface area contributed by atoms with Crippen LogP contribution < -0.4 is 0 Å². The Morgan fingerprint density at radius 1 is 0.722 bits per heavy atom. The van der Waals surface area contributed by atoms with Gasteiger partial charge in [0.2, 0.25) is 0 Å². The highest BCUT2D eigenvalue weighted by Gasteiger charge is 1.95. The minimum Gasteiger partial charge on any atom is -0.0776 e. The summed E-state index contributed by atoms with van der Waals surface area (Å²) < 4.78 is 0. The van der Waals surface area contributed by atoms with Crippen molar-refractivity contribution >= 4 is 0 Å². The Morgan fingerprint density at radius 3 is 1.39 bits per heavy atom. The van der Waals surface area contributed by atoms with Crippen LogP contribution in [-0.2, 0) is 0 Å². The molecule has 0 aromatic carbocycles. The Balaban J connectivity index is -0.000000218. The second kappa shape index (κ2) is 22.2. The first kappa shape index (κ1) is 23.1. The summed E-state index contributed by atoms with van der Waals surface area (Å²) in [6, 6.07) is 0. The van der Waals surface area contributed by atoms with Crippen molar-refractivity contribution in [2.75, 3.05) is 0 Å². The molecule has 0 aliphatic heterocycles. The number of unbranched alkanes of at least 4 members (excludes halogenated alkanes) is 3. The minimum absolute atomic E-state index is 0. The first-order valence-electron chi connectivity index (χ1n) is 8.27. The highest BCUT2D eigenvalue weighted by Crippen LogP contribution is 2.15. The second-order valence-corrected chi connectivity index (χ2v) is 5.36. The average molecular weight is 259 g/mol. The Morgan fingerprint density at radius 2 is 1.11 bits per heavy atom. The van der Waals surface area contributed by atoms with Crippen LogP contribution in [0.15, 0.2) is 0 Å². The van der Waals surface area contributed by atoms with E-state index in [9.17, 15) is 0 Å². The van der Waals surface area contributed by atoms with Crippen LogP contribution in [0.4, 0.5) is 0 Å². The standard InChI is InChI=1S/C9H20.C6H12.C2H6.CH4/c1-4-5-6-7-8-9(2)3;1-2-4-6-5-3-1;1-2;/h9H,4-8H2,1-3H3;1-6H2;1-2H3;1H4. The first-order chi connectivity index (χ1) is 8.27. The molecular weight excluding hydrogens is 216 g/mol. The molecule has 0 nitrogen and oxygen atoms in total. The Kier molecular flexibility index (Phi) is 28.5. The van der Waals surface area contributed by atoms with E-state index in [4.69, 9.17) is 0 Å². The maximum absolute atomic E-state index is 2.30. The maximum Gasteiger partial charge on any atom is -0.0471 e. The van der Waals surface area contributed by atoms with Gasteiger partial charge in [0.25, 0.3) is 0 Å². The van der Waals surface area contributed by atoms with Crippen molar-refractivity contribution < 1.29 is 0 Å². The van der Waals surface area contributed by atoms with E-state index in [1.165, 1.54) is 70.6 Å². The van der Waals surface area contributed by atoms with E-state index in [1.54, 1.807) is 0 Å². The van der Waals surface area contributed by atoms with Gasteiger partial charge in [0, 0.05) is 0 Å². The monoisotopic (exact) mass is 258 g/mol. The van der Waals surface area contributed by atoms with Crippen LogP contribution in [0.3, 0.4) is 0 Å². The van der Waals surface area contributed by atoms with E-state index in [-0.39, 0.29) is 7.43 Å². The zero-order valence-electron chi connectivity index (χ0n) is 13.4. The predicted octanol–water partition coefficient (Wildman–Crippen LogP) is 7.62. The summed E-state index contributed by atoms with van der Waals surface area (Å²) in [5.74, 6) is 0.904. The van der Waals surface area contributed by atoms with Crippen LogP contribution in [0.2, 0.25) is 0 Å². The zero-order chi connectivity index (χ0) is 13.4. The fourth-order valence-electron chi connectivity index (χ4n) is 2.04. The van der Waals surface area contributed by atoms with E-state index >= 15 is 0 Å². The topological polar surface area (TPSA) is 0 Å². The quantitative estimate of drug-likeness (QED) is 0.445. The number of rotatable bonds is 5. The van der Waals surface area contributed by atoms with E-state index in [0.29, 0.717) is 0 Å². The lowest BCUT2D eigenvalue weighted by Gasteiger charge is -2.05. The molecule has 1 rings (SSSR count). The molecule has 0 spiro atoms. The van der Waals surface area contributed by atoms with Gasteiger partial charge in [-0.1, -0.05) is 113 Å². The summed E-state index contributed by atoms with van der Waals surface area (Å²) >= 11 is 0. The van der Waals surface area contributed by atoms with Gasteiger partial charge in [0.1, 0.15) is 0 Å². The van der Waals surface area contributed by atoms with Crippen molar-refractivity contribution in [2.45, 2.75) is 113 Å². The van der Waals surface area contributed by atoms with Crippen LogP contribution in [0.1, 0.15) is 113 Å². The second-order valence-electron chi connectivity index (χ2n) is 5.36. The molecule has 0 saturated heterocycles. The molecule has 0 heterocycles. The molecule has 0 amide bonds. The van der Waals surface area contributed by atoms with Crippen LogP contribution in [0, 0.1) is 5.92 Å². The summed E-state index contributed by atoms with van der Waals surface area (Å²) in [6.07, 6.45) is 16.1. The van der Waals surface area contributed by atoms with Crippen molar-refractivity contribution in [1.82, 2.24) is 0 Å². The lowest BCUT2D eigenvalue weighted by molar-refractivity contribution is 0.504. The van der Waals surface area contributed by atoms with Gasteiger partial charge >= 0.3 is 0 Å². The Hall–Kier alpha value is 0. The molecule has 1 saturated carbocycles. The van der Waals surface area contributed by atoms with Gasteiger partial charge in [0.15, 0.2) is 0 Å². The molecule has 0 aromatic heterocycles. The van der Waals surface area contributed by atoms with E-state index in [0.717, 1.165) is 5.92 Å². The molecule has 1 aliphatic carbocycles. The van der Waals surface area contributed by atoms with Crippen LogP contribution in [0.5, 0.6) is 0 Å². The first-order valence-corrected chi connectivity index (χ1v) is 8.27. The molecule has 0 N–H and O–H groups in total. The summed E-state index contributed by atoms with van der Waals surface area (Å²) in [7, 11) is 0. The fraction of sp³-hybridized carbons (Fsp3) is 1.00. The SMILES string of the molecule is C.C1CCCCC1.CC.CCCCCCC(C)C. The van der Waals surface area contributed by atoms with Crippen molar-refractivity contribution in [3.8, 4) is 0 Å². The minimum atomic E-state index is 0. The van der Waals surface area contributed by atoms with Gasteiger partial charge < -0.3 is 0 Å². The molecule has 0 unspecified atom stereocenters. The number of hydrogen-bond donors (Lipinski definition) is 0. The Labute approximate surface area is 119 Å². The smallest absolute Gasteiger partial charge is 0.0471 e. The normalized spacial score (nSPS) is 13.7. The van der Waals surface area contributed by atoms with E-state index in [1.807, 2.05) is 13.8 Å². The summed E-state index contributed by atoms with van der Waals surface area (Å²) in [5, 5.41) is 0. The summed E-state index contributed by atoms with van der Waals surface area (Å²) in [5.41, 5.74) is 0. The molecular formula is C18H42. The van der Waals surface area contributed by atoms with Gasteiger partial charge in [-0.25, -0.2) is 0 Å². The van der Waals surface area contributed by atoms with Gasteiger partial charge in [0.05, 0.1) is 0 Å². The molecule has 0 aromatic rings. The highest BCUT2D eigenvalue weighted by molar-refractivity contribution is 4.51. The lowest BCUT2D eigenvalue weighted by Crippen LogP contribution is -1.86. The number of hydrogen-bond acceptors (Lipinski definition) is 0. The molecule has 1 fully saturated rings. The molecule has 114 valence electrons. The van der Waals surface area contributed by atoms with Crippen LogP contribution in [-0.4, -0.2) is 0 Å². The molecule has 18 heavy (non-hydrogen) atoms.